The Labute approximate surface area is 80.8 Å². The molecule has 0 aliphatic carbocycles. The minimum atomic E-state index is 0.186. The fourth-order valence-corrected chi connectivity index (χ4v) is 1.91. The number of ether oxygens (including phenoxy) is 1. The number of allylic oxidation sites excluding steroid dienone is 3. The van der Waals surface area contributed by atoms with E-state index in [-0.39, 0.29) is 5.41 Å². The second-order valence-corrected chi connectivity index (χ2v) is 3.66. The first-order valence-corrected chi connectivity index (χ1v) is 4.73. The third-order valence-electron chi connectivity index (χ3n) is 2.67. The Balaban J connectivity index is 2.69. The highest BCUT2D eigenvalue weighted by atomic mass is 16.6. The highest BCUT2D eigenvalue weighted by molar-refractivity contribution is 5.03. The molecule has 0 bridgehead atoms. The first-order chi connectivity index (χ1) is 6.29. The van der Waals surface area contributed by atoms with Crippen LogP contribution in [0.2, 0.25) is 0 Å². The van der Waals surface area contributed by atoms with Crippen LogP contribution in [0.25, 0.3) is 0 Å². The van der Waals surface area contributed by atoms with Crippen molar-refractivity contribution in [1.82, 2.24) is 0 Å². The largest absolute Gasteiger partial charge is 0.372 e. The summed E-state index contributed by atoms with van der Waals surface area (Å²) < 4.78 is 5.39. The summed E-state index contributed by atoms with van der Waals surface area (Å²) >= 11 is 0. The van der Waals surface area contributed by atoms with Crippen molar-refractivity contribution < 1.29 is 4.74 Å². The van der Waals surface area contributed by atoms with Crippen LogP contribution in [-0.2, 0) is 4.74 Å². The van der Waals surface area contributed by atoms with Crippen molar-refractivity contribution in [2.45, 2.75) is 25.4 Å². The van der Waals surface area contributed by atoms with Crippen LogP contribution in [0.15, 0.2) is 38.0 Å². The molecule has 13 heavy (non-hydrogen) atoms. The van der Waals surface area contributed by atoms with Gasteiger partial charge in [-0.2, -0.15) is 0 Å². The molecule has 0 spiro atoms. The van der Waals surface area contributed by atoms with Gasteiger partial charge in [-0.05, 0) is 19.3 Å². The topological polar surface area (TPSA) is 12.5 Å². The van der Waals surface area contributed by atoms with Crippen molar-refractivity contribution in [2.24, 2.45) is 5.41 Å². The number of rotatable bonds is 7. The van der Waals surface area contributed by atoms with Crippen molar-refractivity contribution in [3.05, 3.63) is 38.0 Å². The Morgan fingerprint density at radius 1 is 1.08 bits per heavy atom. The van der Waals surface area contributed by atoms with Crippen molar-refractivity contribution in [3.8, 4) is 0 Å². The van der Waals surface area contributed by atoms with E-state index in [2.05, 4.69) is 19.7 Å². The molecule has 72 valence electrons. The molecule has 1 atom stereocenters. The highest BCUT2D eigenvalue weighted by Crippen LogP contribution is 2.43. The predicted octanol–water partition coefficient (Wildman–Crippen LogP) is 3.10. The minimum Gasteiger partial charge on any atom is -0.372 e. The molecule has 1 heteroatoms. The van der Waals surface area contributed by atoms with Crippen molar-refractivity contribution in [3.63, 3.8) is 0 Å². The quantitative estimate of drug-likeness (QED) is 0.431. The zero-order valence-electron chi connectivity index (χ0n) is 8.17. The van der Waals surface area contributed by atoms with Gasteiger partial charge in [0.25, 0.3) is 0 Å². The van der Waals surface area contributed by atoms with E-state index in [9.17, 15) is 0 Å². The maximum Gasteiger partial charge on any atom is 0.0874 e. The van der Waals surface area contributed by atoms with E-state index < -0.39 is 0 Å². The molecule has 1 unspecified atom stereocenters. The smallest absolute Gasteiger partial charge is 0.0874 e. The Hall–Kier alpha value is -0.820. The van der Waals surface area contributed by atoms with Crippen molar-refractivity contribution in [2.75, 3.05) is 6.61 Å². The van der Waals surface area contributed by atoms with Crippen LogP contribution in [0.4, 0.5) is 0 Å². The lowest BCUT2D eigenvalue weighted by Gasteiger charge is -2.28. The predicted molar refractivity (Wildman–Crippen MR) is 56.6 cm³/mol. The molecule has 0 aromatic carbocycles. The molecule has 0 radical (unpaired) electrons. The second-order valence-electron chi connectivity index (χ2n) is 3.66. The van der Waals surface area contributed by atoms with Gasteiger partial charge in [0.05, 0.1) is 12.7 Å². The second kappa shape index (κ2) is 4.43. The molecule has 1 fully saturated rings. The highest BCUT2D eigenvalue weighted by Gasteiger charge is 2.43. The van der Waals surface area contributed by atoms with E-state index in [1.807, 2.05) is 18.2 Å². The van der Waals surface area contributed by atoms with Gasteiger partial charge in [-0.25, -0.2) is 0 Å². The van der Waals surface area contributed by atoms with Gasteiger partial charge in [0.2, 0.25) is 0 Å². The van der Waals surface area contributed by atoms with Gasteiger partial charge in [0.15, 0.2) is 0 Å². The lowest BCUT2D eigenvalue weighted by atomic mass is 9.75. The summed E-state index contributed by atoms with van der Waals surface area (Å²) in [4.78, 5) is 0. The van der Waals surface area contributed by atoms with E-state index in [1.54, 1.807) is 0 Å². The van der Waals surface area contributed by atoms with Crippen LogP contribution in [0.1, 0.15) is 19.3 Å². The molecule has 1 nitrogen and oxygen atoms in total. The maximum atomic E-state index is 5.39. The normalized spacial score (nSPS) is 20.8. The zero-order valence-corrected chi connectivity index (χ0v) is 8.17. The van der Waals surface area contributed by atoms with E-state index in [1.165, 1.54) is 0 Å². The maximum absolute atomic E-state index is 5.39. The molecule has 0 saturated carbocycles. The van der Waals surface area contributed by atoms with Crippen LogP contribution in [-0.4, -0.2) is 12.7 Å². The molecule has 1 saturated heterocycles. The average Bonchev–Trinajstić information content (AvgIpc) is 2.87. The molecule has 1 rings (SSSR count). The Kier molecular flexibility index (Phi) is 3.49. The summed E-state index contributed by atoms with van der Waals surface area (Å²) in [7, 11) is 0. The van der Waals surface area contributed by atoms with Gasteiger partial charge >= 0.3 is 0 Å². The van der Waals surface area contributed by atoms with Gasteiger partial charge in [-0.15, -0.1) is 19.7 Å². The third kappa shape index (κ3) is 2.31. The molecule has 1 aliphatic heterocycles. The summed E-state index contributed by atoms with van der Waals surface area (Å²) in [6, 6.07) is 0. The van der Waals surface area contributed by atoms with Crippen LogP contribution in [0, 0.1) is 5.41 Å². The minimum absolute atomic E-state index is 0.186. The van der Waals surface area contributed by atoms with Gasteiger partial charge in [0, 0.05) is 5.41 Å². The Morgan fingerprint density at radius 2 is 1.46 bits per heavy atom. The lowest BCUT2D eigenvalue weighted by Crippen LogP contribution is -2.25. The van der Waals surface area contributed by atoms with Gasteiger partial charge in [-0.1, -0.05) is 18.2 Å². The monoisotopic (exact) mass is 178 g/mol. The average molecular weight is 178 g/mol. The third-order valence-corrected chi connectivity index (χ3v) is 2.67. The first kappa shape index (κ1) is 10.3. The van der Waals surface area contributed by atoms with Gasteiger partial charge < -0.3 is 4.74 Å². The fraction of sp³-hybridized carbons (Fsp3) is 0.500. The zero-order chi connectivity index (χ0) is 9.73. The number of epoxide rings is 1. The number of hydrogen-bond acceptors (Lipinski definition) is 1. The van der Waals surface area contributed by atoms with Gasteiger partial charge in [-0.3, -0.25) is 0 Å². The van der Waals surface area contributed by atoms with Crippen molar-refractivity contribution in [1.29, 1.82) is 0 Å². The van der Waals surface area contributed by atoms with Crippen LogP contribution in [0.5, 0.6) is 0 Å². The van der Waals surface area contributed by atoms with Crippen LogP contribution < -0.4 is 0 Å². The van der Waals surface area contributed by atoms with Crippen LogP contribution in [0.3, 0.4) is 0 Å². The summed E-state index contributed by atoms with van der Waals surface area (Å²) in [6.07, 6.45) is 9.24. The first-order valence-electron chi connectivity index (χ1n) is 4.73. The van der Waals surface area contributed by atoms with Gasteiger partial charge in [0.1, 0.15) is 0 Å². The lowest BCUT2D eigenvalue weighted by molar-refractivity contribution is 0.202. The van der Waals surface area contributed by atoms with Crippen LogP contribution >= 0.6 is 0 Å². The summed E-state index contributed by atoms with van der Waals surface area (Å²) in [5, 5.41) is 0. The fourth-order valence-electron chi connectivity index (χ4n) is 1.91. The van der Waals surface area contributed by atoms with Crippen molar-refractivity contribution >= 4 is 0 Å². The molecular formula is C12H18O. The Bertz CT molecular complexity index is 175. The molecule has 1 aliphatic rings. The molecule has 0 aromatic heterocycles. The van der Waals surface area contributed by atoms with E-state index in [0.717, 1.165) is 25.9 Å². The molecule has 1 heterocycles. The summed E-state index contributed by atoms with van der Waals surface area (Å²) in [5.41, 5.74) is 0.186. The van der Waals surface area contributed by atoms with E-state index >= 15 is 0 Å². The molecular weight excluding hydrogens is 160 g/mol. The molecule has 0 N–H and O–H groups in total. The number of hydrogen-bond donors (Lipinski definition) is 0. The SMILES string of the molecule is C=CCC(CC=C)(CC=C)C1CO1. The molecule has 0 aromatic rings. The van der Waals surface area contributed by atoms with E-state index in [4.69, 9.17) is 4.74 Å². The molecule has 0 amide bonds. The summed E-state index contributed by atoms with van der Waals surface area (Å²) in [5.74, 6) is 0. The standard InChI is InChI=1S/C12H18O/c1-4-7-12(8-5-2,9-6-3)11-10-13-11/h4-6,11H,1-3,7-10H2. The summed E-state index contributed by atoms with van der Waals surface area (Å²) in [6.45, 7) is 12.3. The Morgan fingerprint density at radius 3 is 1.69 bits per heavy atom. The van der Waals surface area contributed by atoms with E-state index in [0.29, 0.717) is 6.10 Å².